The minimum Gasteiger partial charge on any atom is -0.355 e. The third kappa shape index (κ3) is 5.51. The van der Waals surface area contributed by atoms with Crippen molar-refractivity contribution >= 4 is 53.5 Å². The van der Waals surface area contributed by atoms with Crippen LogP contribution >= 0.6 is 35.7 Å². The van der Waals surface area contributed by atoms with Crippen LogP contribution in [-0.2, 0) is 12.3 Å². The Bertz CT molecular complexity index is 919. The van der Waals surface area contributed by atoms with Gasteiger partial charge in [-0.3, -0.25) is 19.5 Å². The number of benzene rings is 2. The van der Waals surface area contributed by atoms with Gasteiger partial charge in [0, 0.05) is 32.4 Å². The fourth-order valence-corrected chi connectivity index (χ4v) is 3.76. The molecule has 1 heterocycles. The van der Waals surface area contributed by atoms with Crippen LogP contribution in [0.3, 0.4) is 0 Å². The summed E-state index contributed by atoms with van der Waals surface area (Å²) in [5, 5.41) is 6.30. The van der Waals surface area contributed by atoms with Crippen molar-refractivity contribution in [2.45, 2.75) is 12.3 Å². The zero-order chi connectivity index (χ0) is 20.8. The monoisotopic (exact) mass is 542 g/mol. The zero-order valence-electron chi connectivity index (χ0n) is 16.8. The molecule has 0 unspecified atom stereocenters. The first-order valence-corrected chi connectivity index (χ1v) is 10.6. The fourth-order valence-electron chi connectivity index (χ4n) is 3.18. The number of nitrogens with one attached hydrogen (secondary N) is 2. The van der Waals surface area contributed by atoms with Crippen molar-refractivity contribution in [2.24, 2.45) is 4.99 Å². The second kappa shape index (κ2) is 11.3. The summed E-state index contributed by atoms with van der Waals surface area (Å²) in [7, 11) is 1.64. The number of rotatable bonds is 7. The molecule has 0 bridgehead atoms. The summed E-state index contributed by atoms with van der Waals surface area (Å²) in [4.78, 5) is 30.2. The number of thioether (sulfide) groups is 1. The van der Waals surface area contributed by atoms with E-state index < -0.39 is 0 Å². The molecule has 0 aromatic heterocycles. The Morgan fingerprint density at radius 3 is 2.33 bits per heavy atom. The third-order valence-electron chi connectivity index (χ3n) is 4.64. The van der Waals surface area contributed by atoms with Crippen molar-refractivity contribution < 1.29 is 14.0 Å². The molecule has 0 fully saturated rings. The first-order chi connectivity index (χ1) is 14.0. The molecule has 160 valence electrons. The molecule has 0 saturated carbocycles. The van der Waals surface area contributed by atoms with Crippen molar-refractivity contribution in [2.75, 3.05) is 26.4 Å². The number of carbonyl (C=O) groups is 2. The summed E-state index contributed by atoms with van der Waals surface area (Å²) < 4.78 is 13.5. The lowest BCUT2D eigenvalue weighted by molar-refractivity contribution is 0.0657. The van der Waals surface area contributed by atoms with Crippen molar-refractivity contribution in [1.29, 1.82) is 0 Å². The number of guanidine groups is 1. The largest absolute Gasteiger partial charge is 0.355 e. The molecule has 30 heavy (non-hydrogen) atoms. The van der Waals surface area contributed by atoms with Crippen molar-refractivity contribution in [3.63, 3.8) is 0 Å². The highest BCUT2D eigenvalue weighted by Gasteiger charge is 2.34. The van der Waals surface area contributed by atoms with Crippen LogP contribution in [0.15, 0.2) is 47.5 Å². The molecular weight excluding hydrogens is 518 g/mol. The van der Waals surface area contributed by atoms with Gasteiger partial charge in [-0.05, 0) is 41.6 Å². The predicted octanol–water partition coefficient (Wildman–Crippen LogP) is 3.27. The molecule has 0 saturated heterocycles. The van der Waals surface area contributed by atoms with Gasteiger partial charge >= 0.3 is 0 Å². The highest BCUT2D eigenvalue weighted by molar-refractivity contribution is 14.0. The first-order valence-electron chi connectivity index (χ1n) is 9.21. The van der Waals surface area contributed by atoms with Crippen LogP contribution in [-0.4, -0.2) is 49.1 Å². The van der Waals surface area contributed by atoms with Crippen LogP contribution in [0.5, 0.6) is 0 Å². The summed E-state index contributed by atoms with van der Waals surface area (Å²) >= 11 is 1.63. The predicted molar refractivity (Wildman–Crippen MR) is 129 cm³/mol. The molecule has 0 radical (unpaired) electrons. The second-order valence-corrected chi connectivity index (χ2v) is 7.37. The molecule has 0 atom stereocenters. The Balaban J connectivity index is 0.00000320. The Labute approximate surface area is 196 Å². The number of hydrogen-bond donors (Lipinski definition) is 2. The number of halogens is 2. The van der Waals surface area contributed by atoms with E-state index >= 15 is 0 Å². The van der Waals surface area contributed by atoms with E-state index in [2.05, 4.69) is 15.6 Å². The van der Waals surface area contributed by atoms with Gasteiger partial charge in [-0.1, -0.05) is 18.2 Å². The first kappa shape index (κ1) is 24.1. The van der Waals surface area contributed by atoms with Gasteiger partial charge in [0.1, 0.15) is 5.82 Å². The lowest BCUT2D eigenvalue weighted by Crippen LogP contribution is -2.42. The minimum atomic E-state index is -0.275. The van der Waals surface area contributed by atoms with Crippen LogP contribution in [0.2, 0.25) is 0 Å². The van der Waals surface area contributed by atoms with Crippen molar-refractivity contribution in [3.8, 4) is 0 Å². The van der Waals surface area contributed by atoms with Crippen LogP contribution in [0, 0.1) is 5.82 Å². The maximum absolute atomic E-state index is 13.5. The highest BCUT2D eigenvalue weighted by Crippen LogP contribution is 2.21. The number of aliphatic imine (C=N–C) groups is 1. The molecule has 0 spiro atoms. The standard InChI is InChI=1S/C21H23FN4O2S.HI/c1-23-21(25-12-14-7-8-16(22)11-15(14)13-29-2)24-9-10-26-19(27)17-5-3-4-6-18(17)20(26)28;/h3-8,11H,9-10,12-13H2,1-2H3,(H2,23,24,25);1H. The summed E-state index contributed by atoms with van der Waals surface area (Å²) in [6.45, 7) is 1.09. The molecular formula is C21H24FIN4O2S. The van der Waals surface area contributed by atoms with Gasteiger partial charge < -0.3 is 10.6 Å². The maximum atomic E-state index is 13.5. The van der Waals surface area contributed by atoms with E-state index in [1.807, 2.05) is 6.26 Å². The topological polar surface area (TPSA) is 73.8 Å². The lowest BCUT2D eigenvalue weighted by atomic mass is 10.1. The summed E-state index contributed by atoms with van der Waals surface area (Å²) in [6.07, 6.45) is 1.97. The Morgan fingerprint density at radius 1 is 1.07 bits per heavy atom. The lowest BCUT2D eigenvalue weighted by Gasteiger charge is -2.17. The summed E-state index contributed by atoms with van der Waals surface area (Å²) in [5.74, 6) is 0.467. The van der Waals surface area contributed by atoms with Crippen LogP contribution in [0.4, 0.5) is 4.39 Å². The minimum absolute atomic E-state index is 0. The molecule has 1 aliphatic rings. The molecule has 1 aliphatic heterocycles. The van der Waals surface area contributed by atoms with Crippen LogP contribution < -0.4 is 10.6 Å². The number of fused-ring (bicyclic) bond motifs is 1. The highest BCUT2D eigenvalue weighted by atomic mass is 127. The molecule has 2 amide bonds. The van der Waals surface area contributed by atoms with Gasteiger partial charge in [0.15, 0.2) is 5.96 Å². The molecule has 0 aliphatic carbocycles. The quantitative estimate of drug-likeness (QED) is 0.243. The third-order valence-corrected chi connectivity index (χ3v) is 5.24. The number of nitrogens with zero attached hydrogens (tertiary/aromatic N) is 2. The number of carbonyl (C=O) groups excluding carboxylic acids is 2. The van der Waals surface area contributed by atoms with Crippen LogP contribution in [0.25, 0.3) is 0 Å². The van der Waals surface area contributed by atoms with Gasteiger partial charge in [-0.2, -0.15) is 11.8 Å². The van der Waals surface area contributed by atoms with Crippen LogP contribution in [0.1, 0.15) is 31.8 Å². The number of amides is 2. The van der Waals surface area contributed by atoms with E-state index in [1.54, 1.807) is 55.2 Å². The number of hydrogen-bond acceptors (Lipinski definition) is 4. The average Bonchev–Trinajstić information content (AvgIpc) is 2.97. The average molecular weight is 542 g/mol. The molecule has 6 nitrogen and oxygen atoms in total. The van der Waals surface area contributed by atoms with E-state index in [0.717, 1.165) is 16.9 Å². The fraction of sp³-hybridized carbons (Fsp3) is 0.286. The maximum Gasteiger partial charge on any atom is 0.261 e. The van der Waals surface area contributed by atoms with E-state index in [1.165, 1.54) is 11.0 Å². The van der Waals surface area contributed by atoms with E-state index in [-0.39, 0.29) is 48.2 Å². The summed E-state index contributed by atoms with van der Waals surface area (Å²) in [5.41, 5.74) is 2.81. The van der Waals surface area contributed by atoms with Crippen molar-refractivity contribution in [3.05, 3.63) is 70.5 Å². The normalized spacial score (nSPS) is 13.2. The van der Waals surface area contributed by atoms with Gasteiger partial charge in [0.25, 0.3) is 11.8 Å². The molecule has 2 aromatic carbocycles. The van der Waals surface area contributed by atoms with E-state index in [4.69, 9.17) is 0 Å². The van der Waals surface area contributed by atoms with Gasteiger partial charge in [-0.15, -0.1) is 24.0 Å². The van der Waals surface area contributed by atoms with Gasteiger partial charge in [0.2, 0.25) is 0 Å². The molecule has 2 N–H and O–H groups in total. The molecule has 2 aromatic rings. The molecule has 3 rings (SSSR count). The smallest absolute Gasteiger partial charge is 0.261 e. The number of imide groups is 1. The Hall–Kier alpha value is -2.14. The Kier molecular flexibility index (Phi) is 9.09. The summed E-state index contributed by atoms with van der Waals surface area (Å²) in [6, 6.07) is 11.6. The molecule has 9 heteroatoms. The van der Waals surface area contributed by atoms with E-state index in [9.17, 15) is 14.0 Å². The van der Waals surface area contributed by atoms with E-state index in [0.29, 0.717) is 30.2 Å². The van der Waals surface area contributed by atoms with Gasteiger partial charge in [-0.25, -0.2) is 4.39 Å². The second-order valence-electron chi connectivity index (χ2n) is 6.51. The van der Waals surface area contributed by atoms with Crippen molar-refractivity contribution in [1.82, 2.24) is 15.5 Å². The van der Waals surface area contributed by atoms with Gasteiger partial charge in [0.05, 0.1) is 11.1 Å². The SMILES string of the molecule is CN=C(NCCN1C(=O)c2ccccc2C1=O)NCc1ccc(F)cc1CSC.I. The Morgan fingerprint density at radius 2 is 1.73 bits per heavy atom. The zero-order valence-corrected chi connectivity index (χ0v) is 19.9.